The van der Waals surface area contributed by atoms with Gasteiger partial charge in [-0.2, -0.15) is 0 Å². The molecule has 0 bridgehead atoms. The van der Waals surface area contributed by atoms with Gasteiger partial charge in [-0.1, -0.05) is 109 Å². The van der Waals surface area contributed by atoms with Crippen molar-refractivity contribution in [3.05, 3.63) is 121 Å². The Kier molecular flexibility index (Phi) is 4.22. The second kappa shape index (κ2) is 7.74. The molecule has 0 aliphatic rings. The summed E-state index contributed by atoms with van der Waals surface area (Å²) in [4.78, 5) is 0. The summed E-state index contributed by atoms with van der Waals surface area (Å²) in [5, 5.41) is 13.0. The summed E-state index contributed by atoms with van der Waals surface area (Å²) in [6.45, 7) is 0. The molecule has 9 rings (SSSR count). The highest BCUT2D eigenvalue weighted by atomic mass is 14.9. The fraction of sp³-hybridized carbons (Fsp3) is 0.0526. The van der Waals surface area contributed by atoms with Crippen LogP contribution < -0.4 is 0 Å². The Morgan fingerprint density at radius 3 is 1.80 bits per heavy atom. The van der Waals surface area contributed by atoms with Crippen LogP contribution in [-0.2, 0) is 14.1 Å². The summed E-state index contributed by atoms with van der Waals surface area (Å²) < 4.78 is 4.75. The van der Waals surface area contributed by atoms with Gasteiger partial charge in [-0.05, 0) is 44.8 Å². The largest absolute Gasteiger partial charge is 0.344 e. The third kappa shape index (κ3) is 2.68. The number of hydrogen-bond donors (Lipinski definition) is 0. The van der Waals surface area contributed by atoms with Crippen LogP contribution in [-0.4, -0.2) is 9.13 Å². The van der Waals surface area contributed by atoms with E-state index in [-0.39, 0.29) is 0 Å². The molecule has 0 unspecified atom stereocenters. The van der Waals surface area contributed by atoms with Gasteiger partial charge in [-0.25, -0.2) is 0 Å². The molecule has 0 saturated carbocycles. The number of aryl methyl sites for hydroxylation is 2. The minimum absolute atomic E-state index is 1.27. The summed E-state index contributed by atoms with van der Waals surface area (Å²) in [5.41, 5.74) is 7.68. The maximum Gasteiger partial charge on any atom is 0.0568 e. The van der Waals surface area contributed by atoms with E-state index in [1.165, 1.54) is 87.1 Å². The molecule has 0 radical (unpaired) electrons. The number of benzene rings is 7. The SMILES string of the molecule is Cn1c2ccccc2c2c3ccccc3c(-c3cccc4c3ccc3c5ccc6ccccc6c5n(C)c43)cc21. The number of para-hydroxylation sites is 1. The second-order valence-corrected chi connectivity index (χ2v) is 11.0. The molecular formula is C38H26N2. The predicted octanol–water partition coefficient (Wildman–Crippen LogP) is 10.1. The first kappa shape index (κ1) is 21.8. The lowest BCUT2D eigenvalue weighted by atomic mass is 9.91. The molecule has 0 amide bonds. The summed E-state index contributed by atoms with van der Waals surface area (Å²) in [6, 6.07) is 44.8. The van der Waals surface area contributed by atoms with Crippen LogP contribution in [0.15, 0.2) is 121 Å². The van der Waals surface area contributed by atoms with E-state index in [4.69, 9.17) is 0 Å². The Morgan fingerprint density at radius 2 is 0.950 bits per heavy atom. The fourth-order valence-corrected chi connectivity index (χ4v) is 7.34. The molecule has 0 spiro atoms. The van der Waals surface area contributed by atoms with Gasteiger partial charge in [0, 0.05) is 51.9 Å². The zero-order chi connectivity index (χ0) is 26.5. The highest BCUT2D eigenvalue weighted by molar-refractivity contribution is 6.27. The van der Waals surface area contributed by atoms with Gasteiger partial charge in [0.15, 0.2) is 0 Å². The third-order valence-electron chi connectivity index (χ3n) is 9.10. The summed E-state index contributed by atoms with van der Waals surface area (Å²) >= 11 is 0. The van der Waals surface area contributed by atoms with Crippen molar-refractivity contribution in [3.8, 4) is 11.1 Å². The minimum Gasteiger partial charge on any atom is -0.344 e. The van der Waals surface area contributed by atoms with Crippen LogP contribution in [0.2, 0.25) is 0 Å². The van der Waals surface area contributed by atoms with Crippen LogP contribution in [0.3, 0.4) is 0 Å². The minimum atomic E-state index is 1.27. The van der Waals surface area contributed by atoms with Gasteiger partial charge >= 0.3 is 0 Å². The van der Waals surface area contributed by atoms with E-state index in [1.54, 1.807) is 0 Å². The number of fused-ring (bicyclic) bond motifs is 12. The Bertz CT molecular complexity index is 2500. The highest BCUT2D eigenvalue weighted by Crippen LogP contribution is 2.43. The zero-order valence-corrected chi connectivity index (χ0v) is 22.4. The normalized spacial score (nSPS) is 12.2. The van der Waals surface area contributed by atoms with Gasteiger partial charge in [0.25, 0.3) is 0 Å². The molecule has 0 saturated heterocycles. The number of aromatic nitrogens is 2. The Labute approximate surface area is 231 Å². The van der Waals surface area contributed by atoms with Crippen molar-refractivity contribution in [2.24, 2.45) is 14.1 Å². The molecule has 40 heavy (non-hydrogen) atoms. The number of hydrogen-bond acceptors (Lipinski definition) is 0. The van der Waals surface area contributed by atoms with E-state index in [9.17, 15) is 0 Å². The Hall–Kier alpha value is -5.08. The quantitative estimate of drug-likeness (QED) is 0.208. The van der Waals surface area contributed by atoms with Gasteiger partial charge in [-0.3, -0.25) is 0 Å². The molecule has 7 aromatic carbocycles. The first-order valence-electron chi connectivity index (χ1n) is 13.9. The molecule has 9 aromatic rings. The molecule has 2 heterocycles. The molecule has 0 atom stereocenters. The van der Waals surface area contributed by atoms with Crippen LogP contribution in [0.25, 0.3) is 87.1 Å². The van der Waals surface area contributed by atoms with Crippen LogP contribution in [0.4, 0.5) is 0 Å². The van der Waals surface area contributed by atoms with Crippen LogP contribution in [0.1, 0.15) is 0 Å². The summed E-state index contributed by atoms with van der Waals surface area (Å²) in [6.07, 6.45) is 0. The number of rotatable bonds is 1. The predicted molar refractivity (Wildman–Crippen MR) is 172 cm³/mol. The molecule has 2 nitrogen and oxygen atoms in total. The van der Waals surface area contributed by atoms with E-state index >= 15 is 0 Å². The number of nitrogens with zero attached hydrogens (tertiary/aromatic N) is 2. The molecule has 0 N–H and O–H groups in total. The van der Waals surface area contributed by atoms with Crippen LogP contribution >= 0.6 is 0 Å². The van der Waals surface area contributed by atoms with Gasteiger partial charge in [0.2, 0.25) is 0 Å². The van der Waals surface area contributed by atoms with Gasteiger partial charge in [0.1, 0.15) is 0 Å². The maximum absolute atomic E-state index is 2.41. The van der Waals surface area contributed by atoms with Crippen molar-refractivity contribution in [2.45, 2.75) is 0 Å². The van der Waals surface area contributed by atoms with Crippen molar-refractivity contribution < 1.29 is 0 Å². The van der Waals surface area contributed by atoms with E-state index in [0.717, 1.165) is 0 Å². The van der Waals surface area contributed by atoms with Crippen molar-refractivity contribution in [1.82, 2.24) is 9.13 Å². The monoisotopic (exact) mass is 510 g/mol. The van der Waals surface area contributed by atoms with Crippen molar-refractivity contribution in [2.75, 3.05) is 0 Å². The summed E-state index contributed by atoms with van der Waals surface area (Å²) in [7, 11) is 4.41. The van der Waals surface area contributed by atoms with Gasteiger partial charge in [-0.15, -0.1) is 0 Å². The van der Waals surface area contributed by atoms with Gasteiger partial charge < -0.3 is 9.13 Å². The molecular weight excluding hydrogens is 484 g/mol. The van der Waals surface area contributed by atoms with E-state index in [1.807, 2.05) is 0 Å². The molecule has 2 aromatic heterocycles. The molecule has 0 aliphatic heterocycles. The zero-order valence-electron chi connectivity index (χ0n) is 22.4. The van der Waals surface area contributed by atoms with Crippen LogP contribution in [0, 0.1) is 0 Å². The van der Waals surface area contributed by atoms with Crippen LogP contribution in [0.5, 0.6) is 0 Å². The summed E-state index contributed by atoms with van der Waals surface area (Å²) in [5.74, 6) is 0. The lowest BCUT2D eigenvalue weighted by Crippen LogP contribution is -1.91. The van der Waals surface area contributed by atoms with E-state index < -0.39 is 0 Å². The molecule has 0 aliphatic carbocycles. The maximum atomic E-state index is 2.41. The highest BCUT2D eigenvalue weighted by Gasteiger charge is 2.18. The van der Waals surface area contributed by atoms with Crippen molar-refractivity contribution in [3.63, 3.8) is 0 Å². The Morgan fingerprint density at radius 1 is 0.375 bits per heavy atom. The molecule has 188 valence electrons. The van der Waals surface area contributed by atoms with Crippen molar-refractivity contribution in [1.29, 1.82) is 0 Å². The third-order valence-corrected chi connectivity index (χ3v) is 9.10. The van der Waals surface area contributed by atoms with E-state index in [0.29, 0.717) is 0 Å². The average molecular weight is 511 g/mol. The van der Waals surface area contributed by atoms with E-state index in [2.05, 4.69) is 145 Å². The molecule has 0 fully saturated rings. The lowest BCUT2D eigenvalue weighted by Gasteiger charge is -2.13. The lowest BCUT2D eigenvalue weighted by molar-refractivity contribution is 1.01. The van der Waals surface area contributed by atoms with Gasteiger partial charge in [0.05, 0.1) is 16.6 Å². The first-order chi connectivity index (χ1) is 19.7. The first-order valence-corrected chi connectivity index (χ1v) is 13.9. The second-order valence-electron chi connectivity index (χ2n) is 11.0. The fourth-order valence-electron chi connectivity index (χ4n) is 7.34. The standard InChI is InChI=1S/C38H26N2/c1-39-34-17-8-7-14-32(34)36-28-13-6-5-12-26(28)33(22-35(36)39)25-15-9-16-29-27(25)20-21-31-30-19-18-23-10-3-4-11-24(23)37(30)40(2)38(29)31/h3-22H,1-2H3. The Balaban J connectivity index is 1.43. The average Bonchev–Trinajstić information content (AvgIpc) is 3.47. The van der Waals surface area contributed by atoms with Crippen molar-refractivity contribution >= 4 is 75.9 Å². The topological polar surface area (TPSA) is 9.86 Å². The smallest absolute Gasteiger partial charge is 0.0568 e. The molecule has 2 heteroatoms.